The summed E-state index contributed by atoms with van der Waals surface area (Å²) in [7, 11) is 0. The van der Waals surface area contributed by atoms with E-state index in [0.29, 0.717) is 25.4 Å². The van der Waals surface area contributed by atoms with Gasteiger partial charge in [-0.05, 0) is 6.92 Å². The Balaban J connectivity index is 2.06. The van der Waals surface area contributed by atoms with E-state index in [1.807, 2.05) is 6.92 Å². The molecule has 3 unspecified atom stereocenters. The van der Waals surface area contributed by atoms with Crippen LogP contribution in [0.5, 0.6) is 0 Å². The van der Waals surface area contributed by atoms with Gasteiger partial charge >= 0.3 is 12.0 Å². The Labute approximate surface area is 128 Å². The van der Waals surface area contributed by atoms with Crippen LogP contribution >= 0.6 is 11.8 Å². The molecular formula is C13H22N2O5S. The fourth-order valence-electron chi connectivity index (χ4n) is 2.64. The smallest absolute Gasteiger partial charge is 0.320 e. The predicted molar refractivity (Wildman–Crippen MR) is 78.5 cm³/mol. The first-order valence-corrected chi connectivity index (χ1v) is 8.27. The van der Waals surface area contributed by atoms with Crippen LogP contribution < -0.4 is 0 Å². The van der Waals surface area contributed by atoms with Gasteiger partial charge in [0.25, 0.3) is 0 Å². The highest BCUT2D eigenvalue weighted by atomic mass is 32.2. The second-order valence-corrected chi connectivity index (χ2v) is 6.59. The summed E-state index contributed by atoms with van der Waals surface area (Å²) < 4.78 is 5.44. The molecule has 3 atom stereocenters. The fourth-order valence-corrected chi connectivity index (χ4v) is 3.70. The number of carboxylic acids is 1. The number of carbonyl (C=O) groups is 2. The van der Waals surface area contributed by atoms with Crippen molar-refractivity contribution in [3.8, 4) is 0 Å². The van der Waals surface area contributed by atoms with E-state index >= 15 is 0 Å². The average molecular weight is 318 g/mol. The van der Waals surface area contributed by atoms with Crippen molar-refractivity contribution in [1.29, 1.82) is 0 Å². The lowest BCUT2D eigenvalue weighted by molar-refractivity contribution is -0.138. The topological polar surface area (TPSA) is 90.3 Å². The minimum atomic E-state index is -0.886. The summed E-state index contributed by atoms with van der Waals surface area (Å²) in [4.78, 5) is 27.0. The zero-order chi connectivity index (χ0) is 15.4. The number of thioether (sulfide) groups is 1. The van der Waals surface area contributed by atoms with Crippen LogP contribution in [0.3, 0.4) is 0 Å². The van der Waals surface area contributed by atoms with Crippen LogP contribution in [-0.2, 0) is 9.53 Å². The van der Waals surface area contributed by atoms with Crippen LogP contribution in [-0.4, -0.2) is 88.0 Å². The summed E-state index contributed by atoms with van der Waals surface area (Å²) in [5.41, 5.74) is 0. The highest BCUT2D eigenvalue weighted by Crippen LogP contribution is 2.23. The first kappa shape index (κ1) is 16.4. The average Bonchev–Trinajstić information content (AvgIpc) is 2.47. The monoisotopic (exact) mass is 318 g/mol. The third kappa shape index (κ3) is 4.02. The molecule has 0 saturated carbocycles. The molecule has 2 heterocycles. The van der Waals surface area contributed by atoms with Crippen molar-refractivity contribution in [3.63, 3.8) is 0 Å². The summed E-state index contributed by atoms with van der Waals surface area (Å²) in [5, 5.41) is 18.2. The number of carboxylic acid groups (broad SMARTS) is 1. The SMILES string of the molecule is CC1COC(CO)CN1C(=O)N1CCSCC1CC(=O)O. The zero-order valence-electron chi connectivity index (χ0n) is 12.1. The summed E-state index contributed by atoms with van der Waals surface area (Å²) in [6, 6.07) is -0.479. The third-order valence-corrected chi connectivity index (χ3v) is 4.93. The molecule has 2 saturated heterocycles. The minimum absolute atomic E-state index is 0.0269. The van der Waals surface area contributed by atoms with Gasteiger partial charge in [0.15, 0.2) is 0 Å². The molecule has 2 rings (SSSR count). The molecule has 0 aromatic rings. The van der Waals surface area contributed by atoms with Crippen molar-refractivity contribution in [2.75, 3.05) is 37.8 Å². The summed E-state index contributed by atoms with van der Waals surface area (Å²) in [5.74, 6) is 0.591. The minimum Gasteiger partial charge on any atom is -0.481 e. The molecular weight excluding hydrogens is 296 g/mol. The van der Waals surface area contributed by atoms with E-state index in [-0.39, 0.29) is 37.2 Å². The van der Waals surface area contributed by atoms with Gasteiger partial charge in [0.1, 0.15) is 0 Å². The standard InChI is InChI=1S/C13H22N2O5S/c1-9-7-20-11(6-16)5-15(9)13(19)14-2-3-21-8-10(14)4-12(17)18/h9-11,16H,2-8H2,1H3,(H,17,18). The normalized spacial score (nSPS) is 30.3. The van der Waals surface area contributed by atoms with Gasteiger partial charge in [0.05, 0.1) is 44.4 Å². The number of hydrogen-bond acceptors (Lipinski definition) is 5. The first-order chi connectivity index (χ1) is 10.0. The molecule has 2 amide bonds. The van der Waals surface area contributed by atoms with Crippen molar-refractivity contribution in [1.82, 2.24) is 9.80 Å². The molecule has 0 radical (unpaired) electrons. The molecule has 0 aromatic carbocycles. The molecule has 2 aliphatic heterocycles. The Kier molecular flexibility index (Phi) is 5.72. The van der Waals surface area contributed by atoms with Crippen LogP contribution in [0.2, 0.25) is 0 Å². The summed E-state index contributed by atoms with van der Waals surface area (Å²) in [6.07, 6.45) is -0.386. The number of carbonyl (C=O) groups excluding carboxylic acids is 1. The molecule has 0 aromatic heterocycles. The quantitative estimate of drug-likeness (QED) is 0.766. The van der Waals surface area contributed by atoms with E-state index in [4.69, 9.17) is 9.84 Å². The predicted octanol–water partition coefficient (Wildman–Crippen LogP) is 0.0801. The number of urea groups is 1. The van der Waals surface area contributed by atoms with Gasteiger partial charge in [0.2, 0.25) is 0 Å². The van der Waals surface area contributed by atoms with Crippen molar-refractivity contribution < 1.29 is 24.5 Å². The fraction of sp³-hybridized carbons (Fsp3) is 0.846. The van der Waals surface area contributed by atoms with E-state index in [9.17, 15) is 14.7 Å². The van der Waals surface area contributed by atoms with Gasteiger partial charge in [-0.15, -0.1) is 0 Å². The maximum Gasteiger partial charge on any atom is 0.320 e. The number of hydrogen-bond donors (Lipinski definition) is 2. The molecule has 0 bridgehead atoms. The number of aliphatic hydroxyl groups excluding tert-OH is 1. The Hall–Kier alpha value is -0.990. The number of aliphatic carboxylic acids is 1. The number of morpholine rings is 1. The Morgan fingerprint density at radius 2 is 2.14 bits per heavy atom. The number of ether oxygens (including phenoxy) is 1. The van der Waals surface area contributed by atoms with Crippen LogP contribution in [0.25, 0.3) is 0 Å². The molecule has 120 valence electrons. The van der Waals surface area contributed by atoms with Crippen molar-refractivity contribution >= 4 is 23.8 Å². The summed E-state index contributed by atoms with van der Waals surface area (Å²) >= 11 is 1.68. The molecule has 0 aliphatic carbocycles. The summed E-state index contributed by atoms with van der Waals surface area (Å²) in [6.45, 7) is 3.08. The Morgan fingerprint density at radius 1 is 1.38 bits per heavy atom. The molecule has 0 spiro atoms. The molecule has 8 heteroatoms. The van der Waals surface area contributed by atoms with E-state index < -0.39 is 5.97 Å². The van der Waals surface area contributed by atoms with Gasteiger partial charge in [-0.2, -0.15) is 11.8 Å². The maximum absolute atomic E-state index is 12.7. The van der Waals surface area contributed by atoms with Crippen LogP contribution in [0, 0.1) is 0 Å². The molecule has 7 nitrogen and oxygen atoms in total. The molecule has 2 N–H and O–H groups in total. The van der Waals surface area contributed by atoms with Crippen molar-refractivity contribution in [2.45, 2.75) is 31.5 Å². The molecule has 2 aliphatic rings. The van der Waals surface area contributed by atoms with E-state index in [1.165, 1.54) is 0 Å². The van der Waals surface area contributed by atoms with Crippen LogP contribution in [0.4, 0.5) is 4.79 Å². The zero-order valence-corrected chi connectivity index (χ0v) is 12.9. The first-order valence-electron chi connectivity index (χ1n) is 7.12. The van der Waals surface area contributed by atoms with Gasteiger partial charge in [-0.3, -0.25) is 4.79 Å². The third-order valence-electron chi connectivity index (χ3n) is 3.84. The van der Waals surface area contributed by atoms with Gasteiger partial charge < -0.3 is 24.7 Å². The van der Waals surface area contributed by atoms with Crippen molar-refractivity contribution in [3.05, 3.63) is 0 Å². The maximum atomic E-state index is 12.7. The van der Waals surface area contributed by atoms with E-state index in [0.717, 1.165) is 5.75 Å². The van der Waals surface area contributed by atoms with Crippen LogP contribution in [0.1, 0.15) is 13.3 Å². The lowest BCUT2D eigenvalue weighted by Gasteiger charge is -2.43. The lowest BCUT2D eigenvalue weighted by atomic mass is 10.1. The van der Waals surface area contributed by atoms with E-state index in [2.05, 4.69) is 0 Å². The number of aliphatic hydroxyl groups is 1. The second kappa shape index (κ2) is 7.33. The highest BCUT2D eigenvalue weighted by molar-refractivity contribution is 7.99. The van der Waals surface area contributed by atoms with Gasteiger partial charge in [0, 0.05) is 18.1 Å². The lowest BCUT2D eigenvalue weighted by Crippen LogP contribution is -2.59. The molecule has 2 fully saturated rings. The number of nitrogens with zero attached hydrogens (tertiary/aromatic N) is 2. The highest BCUT2D eigenvalue weighted by Gasteiger charge is 2.36. The second-order valence-electron chi connectivity index (χ2n) is 5.44. The van der Waals surface area contributed by atoms with Crippen molar-refractivity contribution in [2.24, 2.45) is 0 Å². The van der Waals surface area contributed by atoms with E-state index in [1.54, 1.807) is 21.6 Å². The Morgan fingerprint density at radius 3 is 2.81 bits per heavy atom. The van der Waals surface area contributed by atoms with Crippen LogP contribution in [0.15, 0.2) is 0 Å². The number of amides is 2. The van der Waals surface area contributed by atoms with Gasteiger partial charge in [-0.1, -0.05) is 0 Å². The largest absolute Gasteiger partial charge is 0.481 e. The number of rotatable bonds is 3. The molecule has 21 heavy (non-hydrogen) atoms. The Bertz CT molecular complexity index is 395. The van der Waals surface area contributed by atoms with Gasteiger partial charge in [-0.25, -0.2) is 4.79 Å².